The molecule has 2 atom stereocenters. The molecule has 0 nitrogen and oxygen atoms in total. The van der Waals surface area contributed by atoms with E-state index in [0.717, 1.165) is 54.4 Å². The molecule has 0 aromatic heterocycles. The Morgan fingerprint density at radius 3 is 2.18 bits per heavy atom. The smallest absolute Gasteiger partial charge is 0.207 e. The van der Waals surface area contributed by atoms with Crippen LogP contribution in [0.3, 0.4) is 0 Å². The second-order valence-corrected chi connectivity index (χ2v) is 8.82. The third-order valence-corrected chi connectivity index (χ3v) is 6.54. The first kappa shape index (κ1) is 19.5. The van der Waals surface area contributed by atoms with Crippen molar-refractivity contribution in [2.75, 3.05) is 0 Å². The van der Waals surface area contributed by atoms with Gasteiger partial charge >= 0.3 is 6.18 Å². The summed E-state index contributed by atoms with van der Waals surface area (Å²) in [5, 5.41) is 0. The van der Waals surface area contributed by atoms with Crippen molar-refractivity contribution >= 4 is 0 Å². The second kappa shape index (κ2) is 6.89. The molecule has 0 spiro atoms. The van der Waals surface area contributed by atoms with E-state index in [4.69, 9.17) is 0 Å². The molecule has 2 aromatic rings. The van der Waals surface area contributed by atoms with Crippen LogP contribution in [-0.2, 0) is 19.0 Å². The van der Waals surface area contributed by atoms with Gasteiger partial charge in [0.1, 0.15) is 5.82 Å². The molecule has 4 heteroatoms. The zero-order valence-corrected chi connectivity index (χ0v) is 16.6. The van der Waals surface area contributed by atoms with Crippen molar-refractivity contribution in [3.8, 4) is 0 Å². The van der Waals surface area contributed by atoms with Crippen LogP contribution in [0.4, 0.5) is 17.6 Å². The van der Waals surface area contributed by atoms with Crippen LogP contribution in [0.1, 0.15) is 64.1 Å². The fourth-order valence-corrected chi connectivity index (χ4v) is 4.37. The van der Waals surface area contributed by atoms with Gasteiger partial charge in [0, 0.05) is 0 Å². The van der Waals surface area contributed by atoms with Gasteiger partial charge in [0.2, 0.25) is 0 Å². The van der Waals surface area contributed by atoms with Gasteiger partial charge in [-0.3, -0.25) is 0 Å². The first-order chi connectivity index (χ1) is 13.1. The van der Waals surface area contributed by atoms with Crippen molar-refractivity contribution in [1.29, 1.82) is 0 Å². The Kier molecular flexibility index (Phi) is 4.79. The fraction of sp³-hybridized carbons (Fsp3) is 0.500. The van der Waals surface area contributed by atoms with Gasteiger partial charge in [0.25, 0.3) is 0 Å². The lowest BCUT2D eigenvalue weighted by atomic mass is 9.92. The Hall–Kier alpha value is -1.84. The molecular formula is C24H26F4. The minimum absolute atomic E-state index is 0.0736. The Morgan fingerprint density at radius 2 is 1.57 bits per heavy atom. The molecule has 0 saturated heterocycles. The topological polar surface area (TPSA) is 0 Å². The largest absolute Gasteiger partial charge is 0.416 e. The minimum Gasteiger partial charge on any atom is -0.207 e. The molecule has 0 bridgehead atoms. The van der Waals surface area contributed by atoms with Crippen molar-refractivity contribution < 1.29 is 17.6 Å². The van der Waals surface area contributed by atoms with E-state index < -0.39 is 11.7 Å². The summed E-state index contributed by atoms with van der Waals surface area (Å²) in [7, 11) is 0. The Morgan fingerprint density at radius 1 is 0.893 bits per heavy atom. The first-order valence-electron chi connectivity index (χ1n) is 10.1. The summed E-state index contributed by atoms with van der Waals surface area (Å²) in [6, 6.07) is 6.86. The van der Waals surface area contributed by atoms with Crippen LogP contribution in [0.25, 0.3) is 0 Å². The SMILES string of the molecule is Cc1cc(C(F)(F)F)c(C2CC2)cc1CC1CC1Cc1cc(C)c(C)c(F)c1. The zero-order chi connectivity index (χ0) is 20.2. The molecule has 2 aromatic carbocycles. The van der Waals surface area contributed by atoms with E-state index in [-0.39, 0.29) is 11.7 Å². The average molecular weight is 390 g/mol. The number of hydrogen-bond acceptors (Lipinski definition) is 0. The van der Waals surface area contributed by atoms with Crippen molar-refractivity contribution in [2.24, 2.45) is 11.8 Å². The van der Waals surface area contributed by atoms with Gasteiger partial charge in [-0.15, -0.1) is 0 Å². The molecule has 0 radical (unpaired) electrons. The maximum Gasteiger partial charge on any atom is 0.416 e. The van der Waals surface area contributed by atoms with Gasteiger partial charge < -0.3 is 0 Å². The van der Waals surface area contributed by atoms with Crippen molar-refractivity contribution in [1.82, 2.24) is 0 Å². The molecular weight excluding hydrogens is 364 g/mol. The standard InChI is InChI=1S/C24H26F4/c1-13-6-16(9-23(25)15(13)3)8-19-11-20(19)10-18-12-21(17-4-5-17)22(7-14(18)2)24(26,27)28/h6-7,9,12,17,19-20H,4-5,8,10-11H2,1-3H3. The predicted octanol–water partition coefficient (Wildman–Crippen LogP) is 7.07. The van der Waals surface area contributed by atoms with Gasteiger partial charge in [-0.1, -0.05) is 12.1 Å². The summed E-state index contributed by atoms with van der Waals surface area (Å²) in [5.41, 5.74) is 4.52. The van der Waals surface area contributed by atoms with Gasteiger partial charge in [0.05, 0.1) is 5.56 Å². The van der Waals surface area contributed by atoms with Gasteiger partial charge in [-0.25, -0.2) is 4.39 Å². The van der Waals surface area contributed by atoms with Crippen molar-refractivity contribution in [3.63, 3.8) is 0 Å². The van der Waals surface area contributed by atoms with Crippen LogP contribution in [0.15, 0.2) is 24.3 Å². The quantitative estimate of drug-likeness (QED) is 0.479. The van der Waals surface area contributed by atoms with Crippen molar-refractivity contribution in [2.45, 2.75) is 65.0 Å². The lowest BCUT2D eigenvalue weighted by Crippen LogP contribution is -2.11. The summed E-state index contributed by atoms with van der Waals surface area (Å²) in [4.78, 5) is 0. The molecule has 0 N–H and O–H groups in total. The highest BCUT2D eigenvalue weighted by Gasteiger charge is 2.40. The highest BCUT2D eigenvalue weighted by molar-refractivity contribution is 5.43. The van der Waals surface area contributed by atoms with E-state index in [1.54, 1.807) is 19.9 Å². The number of halogens is 4. The molecule has 28 heavy (non-hydrogen) atoms. The molecule has 4 rings (SSSR count). The maximum absolute atomic E-state index is 14.0. The molecule has 2 fully saturated rings. The lowest BCUT2D eigenvalue weighted by Gasteiger charge is -2.17. The summed E-state index contributed by atoms with van der Waals surface area (Å²) >= 11 is 0. The van der Waals surface area contributed by atoms with Crippen LogP contribution in [-0.4, -0.2) is 0 Å². The predicted molar refractivity (Wildman–Crippen MR) is 103 cm³/mol. The zero-order valence-electron chi connectivity index (χ0n) is 16.6. The van der Waals surface area contributed by atoms with Crippen LogP contribution in [0, 0.1) is 38.4 Å². The average Bonchev–Trinajstić information content (AvgIpc) is 3.50. The van der Waals surface area contributed by atoms with Crippen LogP contribution in [0.2, 0.25) is 0 Å². The molecule has 0 heterocycles. The van der Waals surface area contributed by atoms with Crippen LogP contribution >= 0.6 is 0 Å². The van der Waals surface area contributed by atoms with Crippen LogP contribution < -0.4 is 0 Å². The number of hydrogen-bond donors (Lipinski definition) is 0. The Bertz CT molecular complexity index is 883. The van der Waals surface area contributed by atoms with Gasteiger partial charge in [-0.05, 0) is 116 Å². The number of alkyl halides is 3. The number of benzene rings is 2. The molecule has 0 aliphatic heterocycles. The molecule has 2 aliphatic rings. The lowest BCUT2D eigenvalue weighted by molar-refractivity contribution is -0.138. The highest BCUT2D eigenvalue weighted by Crippen LogP contribution is 2.48. The molecule has 2 unspecified atom stereocenters. The third kappa shape index (κ3) is 3.97. The van der Waals surface area contributed by atoms with E-state index in [2.05, 4.69) is 6.07 Å². The summed E-state index contributed by atoms with van der Waals surface area (Å²) in [5.74, 6) is 0.893. The Labute approximate surface area is 164 Å². The number of aryl methyl sites for hydroxylation is 2. The molecule has 150 valence electrons. The van der Waals surface area contributed by atoms with E-state index in [1.807, 2.05) is 13.0 Å². The fourth-order valence-electron chi connectivity index (χ4n) is 4.37. The second-order valence-electron chi connectivity index (χ2n) is 8.82. The van der Waals surface area contributed by atoms with E-state index in [9.17, 15) is 17.6 Å². The monoisotopic (exact) mass is 390 g/mol. The normalized spacial score (nSPS) is 21.8. The van der Waals surface area contributed by atoms with Gasteiger partial charge in [-0.2, -0.15) is 13.2 Å². The summed E-state index contributed by atoms with van der Waals surface area (Å²) in [6.07, 6.45) is 0.163. The van der Waals surface area contributed by atoms with Gasteiger partial charge in [0.15, 0.2) is 0 Å². The van der Waals surface area contributed by atoms with Crippen LogP contribution in [0.5, 0.6) is 0 Å². The van der Waals surface area contributed by atoms with Crippen molar-refractivity contribution in [3.05, 3.63) is 69.0 Å². The molecule has 2 saturated carbocycles. The molecule has 0 amide bonds. The molecule has 2 aliphatic carbocycles. The first-order valence-corrected chi connectivity index (χ1v) is 10.1. The van der Waals surface area contributed by atoms with E-state index in [0.29, 0.717) is 23.0 Å². The summed E-state index contributed by atoms with van der Waals surface area (Å²) in [6.45, 7) is 5.51. The highest BCUT2D eigenvalue weighted by atomic mass is 19.4. The maximum atomic E-state index is 14.0. The number of rotatable bonds is 5. The third-order valence-electron chi connectivity index (χ3n) is 6.54. The van der Waals surface area contributed by atoms with E-state index >= 15 is 0 Å². The Balaban J connectivity index is 1.48. The minimum atomic E-state index is -4.28. The van der Waals surface area contributed by atoms with E-state index in [1.165, 1.54) is 6.07 Å². The summed E-state index contributed by atoms with van der Waals surface area (Å²) < 4.78 is 54.1.